The van der Waals surface area contributed by atoms with Gasteiger partial charge in [0.15, 0.2) is 6.29 Å². The summed E-state index contributed by atoms with van der Waals surface area (Å²) >= 11 is 5.85. The number of carbonyl (C=O) groups excluding carboxylic acids is 1. The zero-order chi connectivity index (χ0) is 17.8. The Balaban J connectivity index is 1.88. The summed E-state index contributed by atoms with van der Waals surface area (Å²) < 4.78 is 7.86. The molecule has 1 aromatic heterocycles. The number of aldehydes is 1. The van der Waals surface area contributed by atoms with Crippen LogP contribution in [0.3, 0.4) is 0 Å². The second-order valence-electron chi connectivity index (χ2n) is 6.04. The highest BCUT2D eigenvalue weighted by atomic mass is 35.5. The summed E-state index contributed by atoms with van der Waals surface area (Å²) in [6.07, 6.45) is 6.61. The molecule has 1 heterocycles. The van der Waals surface area contributed by atoms with Gasteiger partial charge in [-0.25, -0.2) is 0 Å². The van der Waals surface area contributed by atoms with E-state index in [1.165, 1.54) is 17.2 Å². The van der Waals surface area contributed by atoms with E-state index in [0.29, 0.717) is 18.6 Å². The minimum atomic E-state index is -0.240. The van der Waals surface area contributed by atoms with Crippen LogP contribution in [0, 0.1) is 0 Å². The molecule has 2 aromatic rings. The molecular formula is C19H21ClN2O3. The van der Waals surface area contributed by atoms with Crippen LogP contribution in [0.4, 0.5) is 0 Å². The van der Waals surface area contributed by atoms with Gasteiger partial charge in [-0.15, -0.1) is 0 Å². The van der Waals surface area contributed by atoms with Crippen LogP contribution < -0.4 is 4.74 Å². The van der Waals surface area contributed by atoms with Gasteiger partial charge in [0.2, 0.25) is 0 Å². The third kappa shape index (κ3) is 3.56. The summed E-state index contributed by atoms with van der Waals surface area (Å²) in [6, 6.07) is 5.18. The number of halogens is 1. The topological polar surface area (TPSA) is 64.3 Å². The van der Waals surface area contributed by atoms with Crippen molar-refractivity contribution in [2.75, 3.05) is 6.61 Å². The molecule has 0 unspecified atom stereocenters. The lowest BCUT2D eigenvalue weighted by Gasteiger charge is -2.22. The Kier molecular flexibility index (Phi) is 5.43. The first kappa shape index (κ1) is 17.5. The average Bonchev–Trinajstić information content (AvgIpc) is 3.11. The van der Waals surface area contributed by atoms with E-state index in [9.17, 15) is 9.90 Å². The van der Waals surface area contributed by atoms with Crippen LogP contribution in [0.15, 0.2) is 30.0 Å². The first-order valence-electron chi connectivity index (χ1n) is 8.48. The summed E-state index contributed by atoms with van der Waals surface area (Å²) in [5.74, 6) is 0.106. The molecule has 0 bridgehead atoms. The number of benzene rings is 1. The van der Waals surface area contributed by atoms with E-state index >= 15 is 0 Å². The number of carbonyl (C=O) groups is 1. The molecule has 0 fully saturated rings. The smallest absolute Gasteiger partial charge is 0.157 e. The van der Waals surface area contributed by atoms with Gasteiger partial charge in [0.05, 0.1) is 16.3 Å². The summed E-state index contributed by atoms with van der Waals surface area (Å²) in [7, 11) is 0. The predicted molar refractivity (Wildman–Crippen MR) is 97.3 cm³/mol. The molecule has 3 rings (SSSR count). The van der Waals surface area contributed by atoms with Gasteiger partial charge in [0.1, 0.15) is 18.1 Å². The highest BCUT2D eigenvalue weighted by molar-refractivity contribution is 6.32. The number of hydrogen-bond donors (Lipinski definition) is 1. The molecule has 0 saturated heterocycles. The van der Waals surface area contributed by atoms with E-state index in [1.54, 1.807) is 6.07 Å². The number of rotatable bonds is 6. The van der Waals surface area contributed by atoms with Crippen LogP contribution in [0.5, 0.6) is 11.5 Å². The fraction of sp³-hybridized carbons (Fsp3) is 0.368. The van der Waals surface area contributed by atoms with Crippen LogP contribution in [0.25, 0.3) is 5.57 Å². The SMILES string of the molecule is CCn1nccc1C1=C(COc2ccc(Cl)c(O)c2C=O)CCCC1. The molecule has 0 aliphatic heterocycles. The van der Waals surface area contributed by atoms with E-state index in [-0.39, 0.29) is 16.3 Å². The Bertz CT molecular complexity index is 811. The molecular weight excluding hydrogens is 340 g/mol. The van der Waals surface area contributed by atoms with Crippen LogP contribution in [0.2, 0.25) is 5.02 Å². The maximum Gasteiger partial charge on any atom is 0.157 e. The Hall–Kier alpha value is -2.27. The largest absolute Gasteiger partial charge is 0.505 e. The van der Waals surface area contributed by atoms with Gasteiger partial charge in [0.25, 0.3) is 0 Å². The summed E-state index contributed by atoms with van der Waals surface area (Å²) in [4.78, 5) is 11.3. The average molecular weight is 361 g/mol. The van der Waals surface area contributed by atoms with Crippen molar-refractivity contribution in [2.24, 2.45) is 0 Å². The maximum atomic E-state index is 11.3. The molecule has 0 saturated carbocycles. The number of aryl methyl sites for hydroxylation is 1. The van der Waals surface area contributed by atoms with Crippen molar-refractivity contribution in [3.8, 4) is 11.5 Å². The lowest BCUT2D eigenvalue weighted by Crippen LogP contribution is -2.12. The van der Waals surface area contributed by atoms with Crippen molar-refractivity contribution in [1.82, 2.24) is 9.78 Å². The number of nitrogens with zero attached hydrogens (tertiary/aromatic N) is 2. The molecule has 6 heteroatoms. The lowest BCUT2D eigenvalue weighted by atomic mass is 9.90. The van der Waals surface area contributed by atoms with Crippen LogP contribution in [-0.2, 0) is 6.54 Å². The van der Waals surface area contributed by atoms with Gasteiger partial charge >= 0.3 is 0 Å². The van der Waals surface area contributed by atoms with Crippen molar-refractivity contribution >= 4 is 23.5 Å². The molecule has 0 amide bonds. The maximum absolute atomic E-state index is 11.3. The highest BCUT2D eigenvalue weighted by Gasteiger charge is 2.19. The zero-order valence-corrected chi connectivity index (χ0v) is 14.9. The Labute approximate surface area is 151 Å². The van der Waals surface area contributed by atoms with Gasteiger partial charge < -0.3 is 9.84 Å². The second kappa shape index (κ2) is 7.74. The van der Waals surface area contributed by atoms with E-state index in [2.05, 4.69) is 12.0 Å². The van der Waals surface area contributed by atoms with E-state index in [0.717, 1.165) is 37.9 Å². The number of allylic oxidation sites excluding steroid dienone is 1. The molecule has 0 radical (unpaired) electrons. The van der Waals surface area contributed by atoms with Gasteiger partial charge in [0, 0.05) is 12.7 Å². The van der Waals surface area contributed by atoms with Crippen molar-refractivity contribution in [1.29, 1.82) is 0 Å². The van der Waals surface area contributed by atoms with Gasteiger partial charge in [-0.05, 0) is 62.0 Å². The zero-order valence-electron chi connectivity index (χ0n) is 14.2. The third-order valence-corrected chi connectivity index (χ3v) is 4.86. The molecule has 1 N–H and O–H groups in total. The number of aromatic hydroxyl groups is 1. The number of hydrogen-bond acceptors (Lipinski definition) is 4. The monoisotopic (exact) mass is 360 g/mol. The van der Waals surface area contributed by atoms with Crippen LogP contribution >= 0.6 is 11.6 Å². The minimum Gasteiger partial charge on any atom is -0.505 e. The number of ether oxygens (including phenoxy) is 1. The number of phenols is 1. The number of aromatic nitrogens is 2. The molecule has 0 spiro atoms. The third-order valence-electron chi connectivity index (χ3n) is 4.55. The molecule has 1 aliphatic carbocycles. The Morgan fingerprint density at radius 3 is 2.88 bits per heavy atom. The normalized spacial score (nSPS) is 14.6. The quantitative estimate of drug-likeness (QED) is 0.771. The summed E-state index contributed by atoms with van der Waals surface area (Å²) in [5, 5.41) is 14.4. The molecule has 1 aliphatic rings. The standard InChI is InChI=1S/C19H21ClN2O3/c1-2-22-17(9-10-21-22)14-6-4-3-5-13(14)12-25-18-8-7-16(20)19(24)15(18)11-23/h7-11,24H,2-6,12H2,1H3. The second-order valence-corrected chi connectivity index (χ2v) is 6.44. The molecule has 5 nitrogen and oxygen atoms in total. The van der Waals surface area contributed by atoms with Gasteiger partial charge in [-0.3, -0.25) is 9.48 Å². The van der Waals surface area contributed by atoms with Crippen molar-refractivity contribution < 1.29 is 14.6 Å². The van der Waals surface area contributed by atoms with Crippen LogP contribution in [0.1, 0.15) is 48.7 Å². The summed E-state index contributed by atoms with van der Waals surface area (Å²) in [5.41, 5.74) is 3.71. The molecule has 0 atom stereocenters. The molecule has 25 heavy (non-hydrogen) atoms. The van der Waals surface area contributed by atoms with Crippen molar-refractivity contribution in [3.05, 3.63) is 46.2 Å². The Morgan fingerprint density at radius 1 is 1.32 bits per heavy atom. The number of phenolic OH excluding ortho intramolecular Hbond substituents is 1. The Morgan fingerprint density at radius 2 is 2.12 bits per heavy atom. The fourth-order valence-corrected chi connectivity index (χ4v) is 3.41. The van der Waals surface area contributed by atoms with Crippen LogP contribution in [-0.4, -0.2) is 27.8 Å². The van der Waals surface area contributed by atoms with Crippen molar-refractivity contribution in [3.63, 3.8) is 0 Å². The lowest BCUT2D eigenvalue weighted by molar-refractivity contribution is 0.111. The van der Waals surface area contributed by atoms with Gasteiger partial charge in [-0.2, -0.15) is 5.10 Å². The first-order valence-corrected chi connectivity index (χ1v) is 8.86. The first-order chi connectivity index (χ1) is 12.2. The van der Waals surface area contributed by atoms with E-state index in [4.69, 9.17) is 16.3 Å². The summed E-state index contributed by atoms with van der Waals surface area (Å²) in [6.45, 7) is 3.27. The predicted octanol–water partition coefficient (Wildman–Crippen LogP) is 4.48. The van der Waals surface area contributed by atoms with Gasteiger partial charge in [-0.1, -0.05) is 11.6 Å². The molecule has 1 aromatic carbocycles. The minimum absolute atomic E-state index is 0.0871. The molecule has 132 valence electrons. The van der Waals surface area contributed by atoms with E-state index in [1.807, 2.05) is 16.9 Å². The fourth-order valence-electron chi connectivity index (χ4n) is 3.24. The highest BCUT2D eigenvalue weighted by Crippen LogP contribution is 2.35. The van der Waals surface area contributed by atoms with E-state index < -0.39 is 0 Å². The van der Waals surface area contributed by atoms with Crippen molar-refractivity contribution in [2.45, 2.75) is 39.2 Å².